The second-order valence-electron chi connectivity index (χ2n) is 18.5. The maximum Gasteiger partial charge on any atom is -1.00 e. The molecule has 1 unspecified atom stereocenters. The van der Waals surface area contributed by atoms with E-state index in [1.54, 1.807) is 71.8 Å². The molecule has 1 atom stereocenters. The second-order valence-corrected chi connectivity index (χ2v) is 19.8. The van der Waals surface area contributed by atoms with E-state index >= 15 is 0 Å². The van der Waals surface area contributed by atoms with Gasteiger partial charge in [0.25, 0.3) is 0 Å². The van der Waals surface area contributed by atoms with E-state index in [1.165, 1.54) is 87.3 Å². The van der Waals surface area contributed by atoms with Crippen LogP contribution in [0, 0.1) is 29.1 Å². The van der Waals surface area contributed by atoms with Gasteiger partial charge in [-0.1, -0.05) is 0 Å². The van der Waals surface area contributed by atoms with E-state index in [0.717, 1.165) is 17.8 Å². The van der Waals surface area contributed by atoms with Gasteiger partial charge in [0.1, 0.15) is 0 Å². The van der Waals surface area contributed by atoms with Gasteiger partial charge >= 0.3 is 290 Å². The summed E-state index contributed by atoms with van der Waals surface area (Å²) in [5.74, 6) is 3.36. The Morgan fingerprint density at radius 1 is 0.745 bits per heavy atom. The van der Waals surface area contributed by atoms with Gasteiger partial charge in [-0.2, -0.15) is 0 Å². The minimum absolute atomic E-state index is 0. The van der Waals surface area contributed by atoms with Crippen LogP contribution in [0.15, 0.2) is 41.5 Å². The number of benzene rings is 2. The van der Waals surface area contributed by atoms with Crippen molar-refractivity contribution in [1.82, 2.24) is 0 Å². The molecule has 3 heteroatoms. The first-order chi connectivity index (χ1) is 21.2. The fourth-order valence-electron chi connectivity index (χ4n) is 11.8. The summed E-state index contributed by atoms with van der Waals surface area (Å²) in [6, 6.07) is 10.2. The molecular weight excluding hydrogens is 691 g/mol. The fraction of sp³-hybridized carbons (Fsp3) is 0.591. The molecule has 9 rings (SSSR count). The topological polar surface area (TPSA) is 0 Å². The summed E-state index contributed by atoms with van der Waals surface area (Å²) in [7, 11) is 0. The van der Waals surface area contributed by atoms with Crippen molar-refractivity contribution in [2.24, 2.45) is 29.1 Å². The van der Waals surface area contributed by atoms with Crippen molar-refractivity contribution in [3.63, 3.8) is 0 Å². The van der Waals surface area contributed by atoms with Crippen molar-refractivity contribution in [2.75, 3.05) is 0 Å². The van der Waals surface area contributed by atoms with Crippen LogP contribution < -0.4 is 35.3 Å². The van der Waals surface area contributed by atoms with Crippen LogP contribution in [0.25, 0.3) is 25.6 Å². The van der Waals surface area contributed by atoms with Crippen LogP contribution in [0.1, 0.15) is 148 Å². The molecule has 7 aliphatic carbocycles. The predicted molar refractivity (Wildman–Crippen MR) is 188 cm³/mol. The third-order valence-electron chi connectivity index (χ3n) is 13.1. The molecular formula is C44H55Cl2Zr. The second kappa shape index (κ2) is 12.4. The van der Waals surface area contributed by atoms with Crippen LogP contribution in [-0.4, -0.2) is 0 Å². The molecule has 0 N–H and O–H groups in total. The van der Waals surface area contributed by atoms with Gasteiger partial charge in [0.2, 0.25) is 0 Å². The molecule has 0 spiro atoms. The first kappa shape index (κ1) is 35.9. The zero-order valence-corrected chi connectivity index (χ0v) is 34.2. The summed E-state index contributed by atoms with van der Waals surface area (Å²) < 4.78 is 1.60. The van der Waals surface area contributed by atoms with Crippen molar-refractivity contribution in [3.8, 4) is 11.1 Å². The number of allylic oxidation sites excluding steroid dienone is 4. The quantitative estimate of drug-likeness (QED) is 0.421. The molecule has 5 fully saturated rings. The maximum atomic E-state index is 2.71. The minimum Gasteiger partial charge on any atom is -1.00 e. The summed E-state index contributed by atoms with van der Waals surface area (Å²) >= 11 is 1.56. The molecule has 0 saturated heterocycles. The Hall–Kier alpha value is -0.877. The van der Waals surface area contributed by atoms with Gasteiger partial charge < -0.3 is 24.8 Å². The van der Waals surface area contributed by atoms with Crippen molar-refractivity contribution < 1.29 is 49.5 Å². The van der Waals surface area contributed by atoms with Gasteiger partial charge in [0.05, 0.1) is 0 Å². The summed E-state index contributed by atoms with van der Waals surface area (Å²) in [5, 5.41) is 3.24. The molecule has 2 aromatic rings. The fourth-order valence-corrected chi connectivity index (χ4v) is 12.9. The molecule has 249 valence electrons. The Labute approximate surface area is 313 Å². The van der Waals surface area contributed by atoms with Crippen LogP contribution in [0.4, 0.5) is 0 Å². The summed E-state index contributed by atoms with van der Waals surface area (Å²) in [5.41, 5.74) is 16.9. The van der Waals surface area contributed by atoms with E-state index in [-0.39, 0.29) is 35.6 Å². The molecule has 2 aromatic carbocycles. The largest absolute Gasteiger partial charge is 1.00 e. The average molecular weight is 746 g/mol. The molecule has 0 radical (unpaired) electrons. The average Bonchev–Trinajstić information content (AvgIpc) is 3.42. The van der Waals surface area contributed by atoms with Crippen molar-refractivity contribution >= 4 is 14.4 Å². The molecule has 47 heavy (non-hydrogen) atoms. The van der Waals surface area contributed by atoms with Gasteiger partial charge in [-0.3, -0.25) is 0 Å². The maximum absolute atomic E-state index is 2.71. The van der Waals surface area contributed by atoms with Gasteiger partial charge in [0, 0.05) is 0 Å². The van der Waals surface area contributed by atoms with Crippen LogP contribution in [0.2, 0.25) is 0 Å². The number of hydrogen-bond acceptors (Lipinski definition) is 0. The van der Waals surface area contributed by atoms with Crippen LogP contribution >= 0.6 is 0 Å². The summed E-state index contributed by atoms with van der Waals surface area (Å²) in [4.78, 5) is 0. The summed E-state index contributed by atoms with van der Waals surface area (Å²) in [6.07, 6.45) is 18.2. The summed E-state index contributed by atoms with van der Waals surface area (Å²) in [6.45, 7) is 19.7. The molecule has 0 amide bonds. The molecule has 0 nitrogen and oxygen atoms in total. The predicted octanol–water partition coefficient (Wildman–Crippen LogP) is 4.65. The Balaban J connectivity index is 0.00000193. The standard InChI is InChI=1S/C44H55.2ClH.Zr/c1-26-16-27(2)40(44-23-28-17-29(24-44)19-30(18-28)25-44)38(26)39-37-21-32-20-33(42(3,4)5)14-15-34(32)36(37)22-35(41(39)43(6,7)8)31-12-10-9-11-13-31;;;/h14-16,20,22,26,28-30H,9-13,17-19,23-25H2,1-8H3;2*1H;/q;;;+2/p-2. The van der Waals surface area contributed by atoms with Gasteiger partial charge in [-0.05, 0) is 0 Å². The first-order valence-corrected chi connectivity index (χ1v) is 19.7. The van der Waals surface area contributed by atoms with E-state index in [2.05, 4.69) is 85.7 Å². The minimum atomic E-state index is 0. The zero-order valence-electron chi connectivity index (χ0n) is 30.2. The number of rotatable bonds is 2. The number of halogens is 2. The monoisotopic (exact) mass is 743 g/mol. The third-order valence-corrected chi connectivity index (χ3v) is 14.3. The first-order valence-electron chi connectivity index (χ1n) is 18.5. The Morgan fingerprint density at radius 2 is 1.34 bits per heavy atom. The third kappa shape index (κ3) is 5.72. The van der Waals surface area contributed by atoms with Crippen molar-refractivity contribution in [3.05, 3.63) is 74.2 Å². The van der Waals surface area contributed by atoms with E-state index in [0.29, 0.717) is 11.3 Å². The molecule has 7 aliphatic rings. The van der Waals surface area contributed by atoms with E-state index in [4.69, 9.17) is 0 Å². The van der Waals surface area contributed by atoms with Crippen molar-refractivity contribution in [2.45, 2.75) is 137 Å². The number of hydrogen-bond donors (Lipinski definition) is 0. The molecule has 0 aliphatic heterocycles. The Kier molecular flexibility index (Phi) is 9.49. The Bertz CT molecular complexity index is 1760. The molecule has 0 aromatic heterocycles. The zero-order chi connectivity index (χ0) is 31.6. The smallest absolute Gasteiger partial charge is 1.00 e. The number of fused-ring (bicyclic) bond motifs is 3. The van der Waals surface area contributed by atoms with E-state index in [1.807, 2.05) is 5.57 Å². The van der Waals surface area contributed by atoms with Crippen molar-refractivity contribution in [1.29, 1.82) is 0 Å². The van der Waals surface area contributed by atoms with E-state index in [9.17, 15) is 0 Å². The molecule has 0 heterocycles. The molecule has 4 bridgehead atoms. The normalized spacial score (nSPS) is 29.4. The van der Waals surface area contributed by atoms with Gasteiger partial charge in [-0.15, -0.1) is 0 Å². The SMILES string of the molecule is CC1=CC(C)C(c2c(C(C)(C)C)c(=C3CCCCC3)cc3c2=[C]([Zr+2])c2cc(C(C)(C)C)ccc2-3)=C1C12CC3CC(CC(C3)C1)C2.[Cl-].[Cl-]. The van der Waals surface area contributed by atoms with Crippen LogP contribution in [0.3, 0.4) is 0 Å². The van der Waals surface area contributed by atoms with E-state index < -0.39 is 0 Å². The van der Waals surface area contributed by atoms with Gasteiger partial charge in [-0.25, -0.2) is 0 Å². The molecule has 5 saturated carbocycles. The van der Waals surface area contributed by atoms with Crippen LogP contribution in [0.5, 0.6) is 0 Å². The Morgan fingerprint density at radius 3 is 1.89 bits per heavy atom. The van der Waals surface area contributed by atoms with Crippen LogP contribution in [-0.2, 0) is 35.5 Å². The van der Waals surface area contributed by atoms with Gasteiger partial charge in [0.15, 0.2) is 0 Å².